The predicted octanol–water partition coefficient (Wildman–Crippen LogP) is 3.90. The Morgan fingerprint density at radius 2 is 1.22 bits per heavy atom. The smallest absolute Gasteiger partial charge is 0.126 e. The van der Waals surface area contributed by atoms with E-state index in [4.69, 9.17) is 16.2 Å². The predicted molar refractivity (Wildman–Crippen MR) is 94.4 cm³/mol. The minimum atomic E-state index is 0.170. The van der Waals surface area contributed by atoms with E-state index in [-0.39, 0.29) is 5.75 Å². The van der Waals surface area contributed by atoms with Gasteiger partial charge in [0.25, 0.3) is 0 Å². The molecule has 23 heavy (non-hydrogen) atoms. The molecule has 0 aliphatic rings. The maximum absolute atomic E-state index is 10.0. The summed E-state index contributed by atoms with van der Waals surface area (Å²) in [6.07, 6.45) is 0. The van der Waals surface area contributed by atoms with Crippen LogP contribution in [-0.4, -0.2) is 12.2 Å². The lowest BCUT2D eigenvalue weighted by molar-refractivity contribution is 0.416. The van der Waals surface area contributed by atoms with Gasteiger partial charge in [0.1, 0.15) is 11.5 Å². The third-order valence-electron chi connectivity index (χ3n) is 3.88. The Bertz CT molecular complexity index is 860. The van der Waals surface area contributed by atoms with E-state index in [1.54, 1.807) is 19.2 Å². The van der Waals surface area contributed by atoms with Gasteiger partial charge in [-0.25, -0.2) is 0 Å². The van der Waals surface area contributed by atoms with Crippen LogP contribution < -0.4 is 16.2 Å². The van der Waals surface area contributed by atoms with Crippen LogP contribution in [0.3, 0.4) is 0 Å². The van der Waals surface area contributed by atoms with Gasteiger partial charge >= 0.3 is 0 Å². The fourth-order valence-corrected chi connectivity index (χ4v) is 2.67. The number of ether oxygens (including phenoxy) is 1. The van der Waals surface area contributed by atoms with Crippen molar-refractivity contribution < 1.29 is 9.84 Å². The van der Waals surface area contributed by atoms with Crippen molar-refractivity contribution in [2.45, 2.75) is 0 Å². The Hall–Kier alpha value is -3.14. The second kappa shape index (κ2) is 5.93. The minimum absolute atomic E-state index is 0.170. The summed E-state index contributed by atoms with van der Waals surface area (Å²) in [7, 11) is 1.62. The van der Waals surface area contributed by atoms with Crippen molar-refractivity contribution in [1.29, 1.82) is 0 Å². The standard InChI is InChI=1S/C19H18N2O2/c1-23-17-9-5-3-7-13(17)15-11-10-14(18(20)19(15)21)12-6-2-4-8-16(12)22/h2-11,22H,20-21H2,1H3. The molecule has 0 radical (unpaired) electrons. The number of anilines is 2. The van der Waals surface area contributed by atoms with E-state index in [1.807, 2.05) is 48.5 Å². The molecular formula is C19H18N2O2. The van der Waals surface area contributed by atoms with E-state index in [9.17, 15) is 5.11 Å². The number of rotatable bonds is 3. The number of phenols is 1. The highest BCUT2D eigenvalue weighted by molar-refractivity contribution is 5.95. The van der Waals surface area contributed by atoms with Crippen LogP contribution in [0.15, 0.2) is 60.7 Å². The molecular weight excluding hydrogens is 288 g/mol. The molecule has 0 unspecified atom stereocenters. The Morgan fingerprint density at radius 1 is 0.696 bits per heavy atom. The molecule has 0 saturated carbocycles. The van der Waals surface area contributed by atoms with Crippen molar-refractivity contribution in [1.82, 2.24) is 0 Å². The molecule has 0 saturated heterocycles. The maximum atomic E-state index is 10.0. The van der Waals surface area contributed by atoms with Crippen molar-refractivity contribution in [3.8, 4) is 33.8 Å². The first kappa shape index (κ1) is 14.8. The zero-order chi connectivity index (χ0) is 16.4. The van der Waals surface area contributed by atoms with Crippen LogP contribution in [0.5, 0.6) is 11.5 Å². The van der Waals surface area contributed by atoms with Gasteiger partial charge in [-0.2, -0.15) is 0 Å². The number of nitrogens with two attached hydrogens (primary N) is 2. The molecule has 4 nitrogen and oxygen atoms in total. The molecule has 0 spiro atoms. The van der Waals surface area contributed by atoms with Crippen LogP contribution >= 0.6 is 0 Å². The van der Waals surface area contributed by atoms with Crippen molar-refractivity contribution in [2.75, 3.05) is 18.6 Å². The summed E-state index contributed by atoms with van der Waals surface area (Å²) in [5.41, 5.74) is 16.5. The van der Waals surface area contributed by atoms with Crippen molar-refractivity contribution in [3.05, 3.63) is 60.7 Å². The van der Waals surface area contributed by atoms with Crippen molar-refractivity contribution in [2.24, 2.45) is 0 Å². The average Bonchev–Trinajstić information content (AvgIpc) is 2.58. The average molecular weight is 306 g/mol. The quantitative estimate of drug-likeness (QED) is 0.641. The largest absolute Gasteiger partial charge is 0.507 e. The van der Waals surface area contributed by atoms with Crippen LogP contribution in [-0.2, 0) is 0 Å². The van der Waals surface area contributed by atoms with Gasteiger partial charge in [0.2, 0.25) is 0 Å². The highest BCUT2D eigenvalue weighted by Crippen LogP contribution is 2.42. The summed E-state index contributed by atoms with van der Waals surface area (Å²) in [4.78, 5) is 0. The zero-order valence-electron chi connectivity index (χ0n) is 12.8. The lowest BCUT2D eigenvalue weighted by atomic mass is 9.95. The number of aromatic hydroxyl groups is 1. The van der Waals surface area contributed by atoms with E-state index in [2.05, 4.69) is 0 Å². The molecule has 0 aliphatic heterocycles. The lowest BCUT2D eigenvalue weighted by Crippen LogP contribution is -2.00. The summed E-state index contributed by atoms with van der Waals surface area (Å²) in [6, 6.07) is 18.4. The SMILES string of the molecule is COc1ccccc1-c1ccc(-c2ccccc2O)c(N)c1N. The van der Waals surface area contributed by atoms with E-state index < -0.39 is 0 Å². The summed E-state index contributed by atoms with van der Waals surface area (Å²) in [5.74, 6) is 0.901. The van der Waals surface area contributed by atoms with Gasteiger partial charge in [-0.05, 0) is 12.1 Å². The number of nitrogen functional groups attached to an aromatic ring is 2. The maximum Gasteiger partial charge on any atom is 0.126 e. The molecule has 3 aromatic carbocycles. The fraction of sp³-hybridized carbons (Fsp3) is 0.0526. The summed E-state index contributed by atoms with van der Waals surface area (Å²) in [5, 5.41) is 10.0. The first-order valence-electron chi connectivity index (χ1n) is 7.23. The number of methoxy groups -OCH3 is 1. The normalized spacial score (nSPS) is 10.5. The molecule has 3 aromatic rings. The number of hydrogen-bond acceptors (Lipinski definition) is 4. The third-order valence-corrected chi connectivity index (χ3v) is 3.88. The molecule has 3 rings (SSSR count). The fourth-order valence-electron chi connectivity index (χ4n) is 2.67. The number of hydrogen-bond donors (Lipinski definition) is 3. The van der Waals surface area contributed by atoms with Gasteiger partial charge in [0.05, 0.1) is 18.5 Å². The molecule has 0 fully saturated rings. The van der Waals surface area contributed by atoms with E-state index >= 15 is 0 Å². The van der Waals surface area contributed by atoms with E-state index in [1.165, 1.54) is 0 Å². The molecule has 5 N–H and O–H groups in total. The first-order valence-corrected chi connectivity index (χ1v) is 7.23. The highest BCUT2D eigenvalue weighted by atomic mass is 16.5. The Kier molecular flexibility index (Phi) is 3.81. The van der Waals surface area contributed by atoms with Crippen LogP contribution in [0.1, 0.15) is 0 Å². The Balaban J connectivity index is 2.18. The second-order valence-electron chi connectivity index (χ2n) is 5.21. The zero-order valence-corrected chi connectivity index (χ0v) is 12.8. The van der Waals surface area contributed by atoms with Gasteiger partial charge in [-0.1, -0.05) is 48.5 Å². The monoisotopic (exact) mass is 306 g/mol. The second-order valence-corrected chi connectivity index (χ2v) is 5.21. The molecule has 0 amide bonds. The van der Waals surface area contributed by atoms with Gasteiger partial charge in [0, 0.05) is 22.3 Å². The topological polar surface area (TPSA) is 81.5 Å². The van der Waals surface area contributed by atoms with Gasteiger partial charge in [-0.15, -0.1) is 0 Å². The molecule has 0 aromatic heterocycles. The Labute approximate surface area is 134 Å². The first-order chi connectivity index (χ1) is 11.1. The van der Waals surface area contributed by atoms with Crippen LogP contribution in [0.25, 0.3) is 22.3 Å². The van der Waals surface area contributed by atoms with Gasteiger partial charge in [0.15, 0.2) is 0 Å². The lowest BCUT2D eigenvalue weighted by Gasteiger charge is -2.15. The number of phenolic OH excluding ortho intramolecular Hbond substituents is 1. The molecule has 0 aliphatic carbocycles. The van der Waals surface area contributed by atoms with Crippen molar-refractivity contribution in [3.63, 3.8) is 0 Å². The molecule has 0 bridgehead atoms. The molecule has 0 atom stereocenters. The van der Waals surface area contributed by atoms with Crippen LogP contribution in [0.4, 0.5) is 11.4 Å². The minimum Gasteiger partial charge on any atom is -0.507 e. The summed E-state index contributed by atoms with van der Waals surface area (Å²) >= 11 is 0. The van der Waals surface area contributed by atoms with Gasteiger partial charge in [-0.3, -0.25) is 0 Å². The van der Waals surface area contributed by atoms with E-state index in [0.29, 0.717) is 22.5 Å². The highest BCUT2D eigenvalue weighted by Gasteiger charge is 2.15. The van der Waals surface area contributed by atoms with Crippen LogP contribution in [0, 0.1) is 0 Å². The van der Waals surface area contributed by atoms with Crippen molar-refractivity contribution >= 4 is 11.4 Å². The molecule has 116 valence electrons. The Morgan fingerprint density at radius 3 is 1.83 bits per heavy atom. The number of para-hydroxylation sites is 2. The van der Waals surface area contributed by atoms with Crippen LogP contribution in [0.2, 0.25) is 0 Å². The third kappa shape index (κ3) is 2.55. The molecule has 0 heterocycles. The number of benzene rings is 3. The van der Waals surface area contributed by atoms with Gasteiger partial charge < -0.3 is 21.3 Å². The van der Waals surface area contributed by atoms with E-state index in [0.717, 1.165) is 16.9 Å². The summed E-state index contributed by atoms with van der Waals surface area (Å²) < 4.78 is 5.39. The summed E-state index contributed by atoms with van der Waals surface area (Å²) in [6.45, 7) is 0. The molecule has 4 heteroatoms.